The lowest BCUT2D eigenvalue weighted by atomic mass is 9.86. The third-order valence-corrected chi connectivity index (χ3v) is 4.19. The van der Waals surface area contributed by atoms with E-state index in [2.05, 4.69) is 10.6 Å². The minimum absolute atomic E-state index is 0.152. The number of amides is 2. The molecule has 2 amide bonds. The van der Waals surface area contributed by atoms with Crippen LogP contribution in [0.15, 0.2) is 18.2 Å². The van der Waals surface area contributed by atoms with Crippen LogP contribution in [-0.2, 0) is 4.79 Å². The lowest BCUT2D eigenvalue weighted by Crippen LogP contribution is -2.42. The summed E-state index contributed by atoms with van der Waals surface area (Å²) in [5.41, 5.74) is 0.351. The van der Waals surface area contributed by atoms with Crippen molar-refractivity contribution in [3.05, 3.63) is 28.2 Å². The second-order valence-electron chi connectivity index (χ2n) is 5.09. The van der Waals surface area contributed by atoms with Crippen molar-refractivity contribution in [2.75, 3.05) is 5.32 Å². The molecule has 0 saturated heterocycles. The van der Waals surface area contributed by atoms with E-state index in [1.807, 2.05) is 0 Å². The van der Waals surface area contributed by atoms with Crippen LogP contribution in [0, 0.1) is 5.92 Å². The zero-order chi connectivity index (χ0) is 15.4. The zero-order valence-electron chi connectivity index (χ0n) is 11.2. The maximum atomic E-state index is 12.0. The Morgan fingerprint density at radius 2 is 1.86 bits per heavy atom. The highest BCUT2D eigenvalue weighted by atomic mass is 35.5. The molecule has 1 aliphatic carbocycles. The van der Waals surface area contributed by atoms with Crippen LogP contribution in [0.3, 0.4) is 0 Å². The molecule has 0 heterocycles. The summed E-state index contributed by atoms with van der Waals surface area (Å²) in [6, 6.07) is 4.36. The van der Waals surface area contributed by atoms with E-state index in [0.717, 1.165) is 12.8 Å². The molecule has 0 radical (unpaired) electrons. The quantitative estimate of drug-likeness (QED) is 0.789. The number of carboxylic acid groups (broad SMARTS) is 1. The van der Waals surface area contributed by atoms with Crippen molar-refractivity contribution < 1.29 is 14.7 Å². The molecule has 114 valence electrons. The predicted molar refractivity (Wildman–Crippen MR) is 82.0 cm³/mol. The molecule has 1 aromatic rings. The van der Waals surface area contributed by atoms with Gasteiger partial charge in [-0.3, -0.25) is 4.79 Å². The lowest BCUT2D eigenvalue weighted by molar-refractivity contribution is -0.143. The maximum absolute atomic E-state index is 12.0. The molecule has 0 spiro atoms. The topological polar surface area (TPSA) is 78.4 Å². The van der Waals surface area contributed by atoms with Gasteiger partial charge in [0, 0.05) is 6.04 Å². The Bertz CT molecular complexity index is 531. The zero-order valence-corrected chi connectivity index (χ0v) is 12.7. The first kappa shape index (κ1) is 15.9. The van der Waals surface area contributed by atoms with Crippen molar-refractivity contribution in [1.29, 1.82) is 0 Å². The molecule has 7 heteroatoms. The highest BCUT2D eigenvalue weighted by Gasteiger charge is 2.27. The first-order valence-electron chi connectivity index (χ1n) is 6.71. The summed E-state index contributed by atoms with van der Waals surface area (Å²) < 4.78 is 0. The Morgan fingerprint density at radius 1 is 1.19 bits per heavy atom. The van der Waals surface area contributed by atoms with Crippen LogP contribution in [0.4, 0.5) is 10.5 Å². The van der Waals surface area contributed by atoms with Gasteiger partial charge in [0.1, 0.15) is 0 Å². The monoisotopic (exact) mass is 330 g/mol. The Hall–Kier alpha value is -1.46. The Kier molecular flexibility index (Phi) is 5.31. The second-order valence-corrected chi connectivity index (χ2v) is 5.91. The molecule has 2 rings (SSSR count). The Morgan fingerprint density at radius 3 is 2.48 bits per heavy atom. The standard InChI is InChI=1S/C14H16Cl2N2O3/c15-10-5-2-6-11(16)12(10)18-14(21)17-9-4-1-3-8(7-9)13(19)20/h2,5-6,8-9H,1,3-4,7H2,(H,19,20)(H2,17,18,21). The summed E-state index contributed by atoms with van der Waals surface area (Å²) >= 11 is 12.0. The van der Waals surface area contributed by atoms with Gasteiger partial charge in [0.05, 0.1) is 21.7 Å². The Labute approximate surface area is 132 Å². The summed E-state index contributed by atoms with van der Waals surface area (Å²) in [4.78, 5) is 23.0. The van der Waals surface area contributed by atoms with Crippen LogP contribution in [0.25, 0.3) is 0 Å². The van der Waals surface area contributed by atoms with E-state index in [1.165, 1.54) is 0 Å². The molecule has 2 atom stereocenters. The third kappa shape index (κ3) is 4.25. The molecular formula is C14H16Cl2N2O3. The van der Waals surface area contributed by atoms with Crippen LogP contribution in [0.5, 0.6) is 0 Å². The second kappa shape index (κ2) is 7.00. The molecule has 3 N–H and O–H groups in total. The van der Waals surface area contributed by atoms with Gasteiger partial charge in [-0.25, -0.2) is 4.79 Å². The summed E-state index contributed by atoms with van der Waals surface area (Å²) in [6.07, 6.45) is 2.66. The van der Waals surface area contributed by atoms with Crippen LogP contribution < -0.4 is 10.6 Å². The van der Waals surface area contributed by atoms with Crippen molar-refractivity contribution in [2.45, 2.75) is 31.7 Å². The molecule has 0 aromatic heterocycles. The first-order valence-corrected chi connectivity index (χ1v) is 7.47. The fourth-order valence-corrected chi connectivity index (χ4v) is 2.99. The van der Waals surface area contributed by atoms with Gasteiger partial charge >= 0.3 is 12.0 Å². The summed E-state index contributed by atoms with van der Waals surface area (Å²) in [7, 11) is 0. The van der Waals surface area contributed by atoms with E-state index < -0.39 is 17.9 Å². The molecule has 5 nitrogen and oxygen atoms in total. The average molecular weight is 331 g/mol. The van der Waals surface area contributed by atoms with E-state index in [1.54, 1.807) is 18.2 Å². The van der Waals surface area contributed by atoms with Crippen LogP contribution in [-0.4, -0.2) is 23.1 Å². The molecule has 21 heavy (non-hydrogen) atoms. The summed E-state index contributed by atoms with van der Waals surface area (Å²) in [5.74, 6) is -1.20. The SMILES string of the molecule is O=C(Nc1c(Cl)cccc1Cl)NC1CCCC(C(=O)O)C1. The van der Waals surface area contributed by atoms with Crippen LogP contribution in [0.2, 0.25) is 10.0 Å². The number of aliphatic carboxylic acids is 1. The average Bonchev–Trinajstić information content (AvgIpc) is 2.43. The number of para-hydroxylation sites is 1. The van der Waals surface area contributed by atoms with Gasteiger partial charge in [-0.05, 0) is 31.4 Å². The number of rotatable bonds is 3. The van der Waals surface area contributed by atoms with E-state index >= 15 is 0 Å². The highest BCUT2D eigenvalue weighted by Crippen LogP contribution is 2.30. The number of hydrogen-bond acceptors (Lipinski definition) is 2. The van der Waals surface area contributed by atoms with Gasteiger partial charge in [0.25, 0.3) is 0 Å². The van der Waals surface area contributed by atoms with E-state index in [-0.39, 0.29) is 6.04 Å². The van der Waals surface area contributed by atoms with Crippen LogP contribution >= 0.6 is 23.2 Å². The number of carbonyl (C=O) groups excluding carboxylic acids is 1. The maximum Gasteiger partial charge on any atom is 0.319 e. The van der Waals surface area contributed by atoms with Gasteiger partial charge in [0.2, 0.25) is 0 Å². The molecular weight excluding hydrogens is 315 g/mol. The lowest BCUT2D eigenvalue weighted by Gasteiger charge is -2.27. The van der Waals surface area contributed by atoms with Gasteiger partial charge in [-0.15, -0.1) is 0 Å². The smallest absolute Gasteiger partial charge is 0.319 e. The van der Waals surface area contributed by atoms with E-state index in [4.69, 9.17) is 28.3 Å². The molecule has 0 bridgehead atoms. The van der Waals surface area contributed by atoms with Crippen molar-refractivity contribution >= 4 is 40.9 Å². The van der Waals surface area contributed by atoms with Gasteiger partial charge in [-0.2, -0.15) is 0 Å². The number of halogens is 2. The van der Waals surface area contributed by atoms with Gasteiger partial charge < -0.3 is 15.7 Å². The first-order chi connectivity index (χ1) is 9.97. The van der Waals surface area contributed by atoms with Crippen LogP contribution in [0.1, 0.15) is 25.7 Å². The molecule has 1 aromatic carbocycles. The highest BCUT2D eigenvalue weighted by molar-refractivity contribution is 6.39. The normalized spacial score (nSPS) is 21.6. The number of benzene rings is 1. The molecule has 1 saturated carbocycles. The summed E-state index contributed by atoms with van der Waals surface area (Å²) in [6.45, 7) is 0. The fraction of sp³-hybridized carbons (Fsp3) is 0.429. The molecule has 1 fully saturated rings. The number of hydrogen-bond donors (Lipinski definition) is 3. The summed E-state index contributed by atoms with van der Waals surface area (Å²) in [5, 5.41) is 15.1. The number of carbonyl (C=O) groups is 2. The fourth-order valence-electron chi connectivity index (χ4n) is 2.50. The van der Waals surface area contributed by atoms with Crippen molar-refractivity contribution in [2.24, 2.45) is 5.92 Å². The number of anilines is 1. The molecule has 0 aliphatic heterocycles. The Balaban J connectivity index is 1.94. The molecule has 1 aliphatic rings. The predicted octanol–water partition coefficient (Wildman–Crippen LogP) is 3.76. The third-order valence-electron chi connectivity index (χ3n) is 3.56. The van der Waals surface area contributed by atoms with Crippen molar-refractivity contribution in [3.8, 4) is 0 Å². The molecule has 2 unspecified atom stereocenters. The number of carboxylic acids is 1. The minimum Gasteiger partial charge on any atom is -0.481 e. The van der Waals surface area contributed by atoms with Gasteiger partial charge in [-0.1, -0.05) is 35.7 Å². The van der Waals surface area contributed by atoms with E-state index in [9.17, 15) is 9.59 Å². The largest absolute Gasteiger partial charge is 0.481 e. The van der Waals surface area contributed by atoms with Crippen molar-refractivity contribution in [3.63, 3.8) is 0 Å². The number of urea groups is 1. The number of nitrogens with one attached hydrogen (secondary N) is 2. The minimum atomic E-state index is -0.809. The van der Waals surface area contributed by atoms with E-state index in [0.29, 0.717) is 28.6 Å². The van der Waals surface area contributed by atoms with Crippen molar-refractivity contribution in [1.82, 2.24) is 5.32 Å². The van der Waals surface area contributed by atoms with Gasteiger partial charge in [0.15, 0.2) is 0 Å².